The van der Waals surface area contributed by atoms with Crippen LogP contribution in [0.15, 0.2) is 36.0 Å². The Balaban J connectivity index is 2.10. The first-order valence-corrected chi connectivity index (χ1v) is 4.52. The van der Waals surface area contributed by atoms with Crippen LogP contribution in [-0.4, -0.2) is 19.8 Å². The molecular weight excluding hydrogens is 162 g/mol. The van der Waals surface area contributed by atoms with Crippen LogP contribution in [0.25, 0.3) is 6.08 Å². The summed E-state index contributed by atoms with van der Waals surface area (Å²) in [5.41, 5.74) is 2.38. The van der Waals surface area contributed by atoms with E-state index >= 15 is 0 Å². The molecule has 1 aromatic carbocycles. The van der Waals surface area contributed by atoms with Gasteiger partial charge in [0, 0.05) is 12.2 Å². The fourth-order valence-electron chi connectivity index (χ4n) is 1.36. The molecule has 2 nitrogen and oxygen atoms in total. The fraction of sp³-hybridized carbons (Fsp3) is 0.273. The molecule has 1 heterocycles. The van der Waals surface area contributed by atoms with Gasteiger partial charge < -0.3 is 10.1 Å². The lowest BCUT2D eigenvalue weighted by Gasteiger charge is -2.17. The van der Waals surface area contributed by atoms with E-state index in [9.17, 15) is 0 Å². The first-order chi connectivity index (χ1) is 6.45. The number of hydrogen-bond acceptors (Lipinski definition) is 2. The van der Waals surface area contributed by atoms with E-state index in [-0.39, 0.29) is 0 Å². The molecule has 1 aromatic rings. The van der Waals surface area contributed by atoms with Crippen LogP contribution < -0.4 is 5.32 Å². The van der Waals surface area contributed by atoms with E-state index in [1.54, 1.807) is 0 Å². The largest absolute Gasteiger partial charge is 0.384 e. The van der Waals surface area contributed by atoms with Gasteiger partial charge in [0.05, 0.1) is 13.2 Å². The van der Waals surface area contributed by atoms with Crippen molar-refractivity contribution in [3.63, 3.8) is 0 Å². The van der Waals surface area contributed by atoms with Crippen LogP contribution in [0.2, 0.25) is 0 Å². The van der Waals surface area contributed by atoms with E-state index in [0.29, 0.717) is 6.61 Å². The third-order valence-corrected chi connectivity index (χ3v) is 2.00. The highest BCUT2D eigenvalue weighted by Gasteiger charge is 2.02. The summed E-state index contributed by atoms with van der Waals surface area (Å²) in [4.78, 5) is 0. The van der Waals surface area contributed by atoms with Gasteiger partial charge in [0.25, 0.3) is 0 Å². The molecule has 0 radical (unpaired) electrons. The lowest BCUT2D eigenvalue weighted by atomic mass is 10.2. The zero-order chi connectivity index (χ0) is 8.93. The number of ether oxygens (including phenoxy) is 1. The van der Waals surface area contributed by atoms with E-state index in [1.165, 1.54) is 5.56 Å². The summed E-state index contributed by atoms with van der Waals surface area (Å²) in [7, 11) is 0. The van der Waals surface area contributed by atoms with E-state index in [4.69, 9.17) is 4.74 Å². The second kappa shape index (κ2) is 4.10. The molecule has 0 aliphatic carbocycles. The summed E-state index contributed by atoms with van der Waals surface area (Å²) in [6, 6.07) is 10.3. The van der Waals surface area contributed by atoms with Crippen LogP contribution in [0.1, 0.15) is 5.56 Å². The molecule has 13 heavy (non-hydrogen) atoms. The van der Waals surface area contributed by atoms with Crippen LogP contribution in [0, 0.1) is 0 Å². The number of rotatable bonds is 1. The summed E-state index contributed by atoms with van der Waals surface area (Å²) in [6.07, 6.45) is 2.12. The molecule has 0 unspecified atom stereocenters. The Morgan fingerprint density at radius 3 is 2.77 bits per heavy atom. The predicted octanol–water partition coefficient (Wildman–Crippen LogP) is 1.65. The van der Waals surface area contributed by atoms with Crippen molar-refractivity contribution in [2.75, 3.05) is 19.8 Å². The van der Waals surface area contributed by atoms with Crippen molar-refractivity contribution in [2.45, 2.75) is 0 Å². The minimum atomic E-state index is 0.703. The molecule has 0 saturated carbocycles. The van der Waals surface area contributed by atoms with Crippen molar-refractivity contribution in [3.8, 4) is 0 Å². The van der Waals surface area contributed by atoms with Crippen LogP contribution in [0.3, 0.4) is 0 Å². The highest BCUT2D eigenvalue weighted by molar-refractivity contribution is 5.52. The molecule has 0 amide bonds. The third-order valence-electron chi connectivity index (χ3n) is 2.00. The van der Waals surface area contributed by atoms with Gasteiger partial charge in [-0.25, -0.2) is 0 Å². The number of morpholine rings is 1. The summed E-state index contributed by atoms with van der Waals surface area (Å²) in [5, 5.41) is 3.30. The van der Waals surface area contributed by atoms with Gasteiger partial charge in [0.1, 0.15) is 0 Å². The summed E-state index contributed by atoms with van der Waals surface area (Å²) in [5.74, 6) is 0. The zero-order valence-electron chi connectivity index (χ0n) is 7.49. The number of hydrogen-bond donors (Lipinski definition) is 1. The predicted molar refractivity (Wildman–Crippen MR) is 53.2 cm³/mol. The molecule has 1 fully saturated rings. The molecule has 0 aromatic heterocycles. The summed E-state index contributed by atoms with van der Waals surface area (Å²) < 4.78 is 5.32. The van der Waals surface area contributed by atoms with Crippen molar-refractivity contribution in [1.29, 1.82) is 0 Å². The van der Waals surface area contributed by atoms with Gasteiger partial charge in [0.15, 0.2) is 0 Å². The highest BCUT2D eigenvalue weighted by Crippen LogP contribution is 2.06. The Hall–Kier alpha value is -1.28. The van der Waals surface area contributed by atoms with Crippen LogP contribution >= 0.6 is 0 Å². The maximum Gasteiger partial charge on any atom is 0.0863 e. The van der Waals surface area contributed by atoms with Crippen LogP contribution in [0.5, 0.6) is 0 Å². The Morgan fingerprint density at radius 1 is 1.23 bits per heavy atom. The first-order valence-electron chi connectivity index (χ1n) is 4.52. The van der Waals surface area contributed by atoms with Crippen molar-refractivity contribution in [2.24, 2.45) is 0 Å². The van der Waals surface area contributed by atoms with Crippen LogP contribution in [-0.2, 0) is 4.74 Å². The highest BCUT2D eigenvalue weighted by atomic mass is 16.5. The monoisotopic (exact) mass is 175 g/mol. The Labute approximate surface area is 78.2 Å². The molecule has 0 atom stereocenters. The van der Waals surface area contributed by atoms with Gasteiger partial charge in [-0.1, -0.05) is 30.3 Å². The van der Waals surface area contributed by atoms with Gasteiger partial charge >= 0.3 is 0 Å². The molecule has 0 bridgehead atoms. The van der Waals surface area contributed by atoms with Gasteiger partial charge in [-0.2, -0.15) is 0 Å². The van der Waals surface area contributed by atoms with E-state index in [0.717, 1.165) is 18.8 Å². The lowest BCUT2D eigenvalue weighted by Crippen LogP contribution is -2.28. The molecule has 2 heteroatoms. The standard InChI is InChI=1S/C11H13NO/c1-2-4-10(5-3-1)8-11-9-13-7-6-12-11/h1-5,8,12H,6-7,9H2. The van der Waals surface area contributed by atoms with Crippen LogP contribution in [0.4, 0.5) is 0 Å². The molecule has 1 N–H and O–H groups in total. The molecule has 68 valence electrons. The summed E-state index contributed by atoms with van der Waals surface area (Å²) in [6.45, 7) is 2.43. The molecular formula is C11H13NO. The second-order valence-corrected chi connectivity index (χ2v) is 3.06. The Kier molecular flexibility index (Phi) is 2.62. The van der Waals surface area contributed by atoms with Gasteiger partial charge in [-0.05, 0) is 11.6 Å². The van der Waals surface area contributed by atoms with Crippen molar-refractivity contribution in [3.05, 3.63) is 41.6 Å². The molecule has 1 aliphatic rings. The fourth-order valence-corrected chi connectivity index (χ4v) is 1.36. The van der Waals surface area contributed by atoms with Crippen molar-refractivity contribution >= 4 is 6.08 Å². The van der Waals surface area contributed by atoms with E-state index in [2.05, 4.69) is 23.5 Å². The number of nitrogens with one attached hydrogen (secondary N) is 1. The first kappa shape index (κ1) is 8.32. The normalized spacial score (nSPS) is 19.8. The smallest absolute Gasteiger partial charge is 0.0863 e. The lowest BCUT2D eigenvalue weighted by molar-refractivity contribution is 0.133. The number of benzene rings is 1. The molecule has 1 aliphatic heterocycles. The average Bonchev–Trinajstić information content (AvgIpc) is 2.21. The van der Waals surface area contributed by atoms with Gasteiger partial charge in [-0.15, -0.1) is 0 Å². The third kappa shape index (κ3) is 2.33. The average molecular weight is 175 g/mol. The topological polar surface area (TPSA) is 21.3 Å². The SMILES string of the molecule is C(=C1COCCN1)c1ccccc1. The molecule has 1 saturated heterocycles. The Morgan fingerprint density at radius 2 is 2.08 bits per heavy atom. The zero-order valence-corrected chi connectivity index (χ0v) is 7.49. The van der Waals surface area contributed by atoms with Crippen molar-refractivity contribution in [1.82, 2.24) is 5.32 Å². The van der Waals surface area contributed by atoms with Gasteiger partial charge in [-0.3, -0.25) is 0 Å². The van der Waals surface area contributed by atoms with Crippen molar-refractivity contribution < 1.29 is 4.74 Å². The minimum Gasteiger partial charge on any atom is -0.384 e. The maximum absolute atomic E-state index is 5.32. The quantitative estimate of drug-likeness (QED) is 0.700. The molecule has 0 spiro atoms. The van der Waals surface area contributed by atoms with E-state index in [1.807, 2.05) is 18.2 Å². The molecule has 2 rings (SSSR count). The summed E-state index contributed by atoms with van der Waals surface area (Å²) >= 11 is 0. The minimum absolute atomic E-state index is 0.703. The maximum atomic E-state index is 5.32. The van der Waals surface area contributed by atoms with E-state index < -0.39 is 0 Å². The second-order valence-electron chi connectivity index (χ2n) is 3.06. The Bertz CT molecular complexity index is 284. The van der Waals surface area contributed by atoms with Gasteiger partial charge in [0.2, 0.25) is 0 Å².